The summed E-state index contributed by atoms with van der Waals surface area (Å²) in [7, 11) is 0. The van der Waals surface area contributed by atoms with E-state index in [1.54, 1.807) is 6.07 Å². The first kappa shape index (κ1) is 11.6. The van der Waals surface area contributed by atoms with Crippen molar-refractivity contribution in [2.75, 3.05) is 6.54 Å². The van der Waals surface area contributed by atoms with Gasteiger partial charge >= 0.3 is 5.00 Å². The van der Waals surface area contributed by atoms with Gasteiger partial charge < -0.3 is 11.1 Å². The third-order valence-electron chi connectivity index (χ3n) is 1.67. The number of primary amides is 1. The van der Waals surface area contributed by atoms with Crippen molar-refractivity contribution in [2.24, 2.45) is 5.73 Å². The van der Waals surface area contributed by atoms with E-state index in [0.717, 1.165) is 16.2 Å². The number of rotatable bonds is 6. The topological polar surface area (TPSA) is 98.3 Å². The van der Waals surface area contributed by atoms with Gasteiger partial charge in [-0.2, -0.15) is 0 Å². The number of thiophene rings is 1. The Hall–Kier alpha value is -1.47. The van der Waals surface area contributed by atoms with Gasteiger partial charge in [-0.15, -0.1) is 0 Å². The predicted molar refractivity (Wildman–Crippen MR) is 56.5 cm³/mol. The van der Waals surface area contributed by atoms with Gasteiger partial charge in [0, 0.05) is 30.5 Å². The molecule has 1 aromatic heterocycles. The number of nitrogens with one attached hydrogen (secondary N) is 1. The number of hydrogen-bond acceptors (Lipinski definition) is 5. The van der Waals surface area contributed by atoms with Crippen molar-refractivity contribution < 1.29 is 9.72 Å². The van der Waals surface area contributed by atoms with Crippen LogP contribution in [0.1, 0.15) is 11.3 Å². The molecule has 6 nitrogen and oxygen atoms in total. The first-order valence-electron chi connectivity index (χ1n) is 4.31. The van der Waals surface area contributed by atoms with E-state index in [0.29, 0.717) is 13.1 Å². The van der Waals surface area contributed by atoms with Crippen LogP contribution in [0.4, 0.5) is 5.00 Å². The van der Waals surface area contributed by atoms with E-state index in [1.165, 1.54) is 6.07 Å². The second-order valence-corrected chi connectivity index (χ2v) is 4.04. The molecule has 0 aliphatic carbocycles. The van der Waals surface area contributed by atoms with Gasteiger partial charge in [-0.05, 0) is 6.07 Å². The zero-order chi connectivity index (χ0) is 11.3. The molecule has 1 amide bonds. The number of nitrogens with zero attached hydrogens (tertiary/aromatic N) is 1. The Morgan fingerprint density at radius 3 is 2.87 bits per heavy atom. The fourth-order valence-corrected chi connectivity index (χ4v) is 1.77. The smallest absolute Gasteiger partial charge is 0.324 e. The maximum Gasteiger partial charge on any atom is 0.324 e. The van der Waals surface area contributed by atoms with Gasteiger partial charge in [0.05, 0.1) is 4.92 Å². The summed E-state index contributed by atoms with van der Waals surface area (Å²) in [5, 5.41) is 13.5. The Labute approximate surface area is 90.2 Å². The minimum Gasteiger partial charge on any atom is -0.370 e. The van der Waals surface area contributed by atoms with Crippen molar-refractivity contribution in [3.8, 4) is 0 Å². The van der Waals surface area contributed by atoms with Crippen LogP contribution in [0.25, 0.3) is 0 Å². The standard InChI is InChI=1S/C8H11N3O3S/c9-7(12)3-4-10-5-6-1-2-8(15-6)11(13)14/h1-2,10H,3-5H2,(H2,9,12). The van der Waals surface area contributed by atoms with Crippen molar-refractivity contribution >= 4 is 22.2 Å². The highest BCUT2D eigenvalue weighted by atomic mass is 32.1. The number of carbonyl (C=O) groups is 1. The summed E-state index contributed by atoms with van der Waals surface area (Å²) >= 11 is 1.12. The molecule has 0 saturated heterocycles. The normalized spacial score (nSPS) is 10.1. The molecule has 0 radical (unpaired) electrons. The molecule has 3 N–H and O–H groups in total. The fourth-order valence-electron chi connectivity index (χ4n) is 0.983. The number of amides is 1. The molecule has 0 fully saturated rings. The van der Waals surface area contributed by atoms with E-state index in [2.05, 4.69) is 5.32 Å². The molecule has 7 heteroatoms. The van der Waals surface area contributed by atoms with E-state index in [-0.39, 0.29) is 17.3 Å². The molecule has 0 spiro atoms. The van der Waals surface area contributed by atoms with Gasteiger partial charge in [0.15, 0.2) is 0 Å². The highest BCUT2D eigenvalue weighted by Gasteiger charge is 2.08. The molecule has 0 unspecified atom stereocenters. The Kier molecular flexibility index (Phi) is 4.19. The lowest BCUT2D eigenvalue weighted by molar-refractivity contribution is -0.380. The number of carbonyl (C=O) groups excluding carboxylic acids is 1. The first-order valence-corrected chi connectivity index (χ1v) is 5.13. The van der Waals surface area contributed by atoms with Crippen molar-refractivity contribution in [3.05, 3.63) is 27.1 Å². The molecule has 0 aliphatic rings. The van der Waals surface area contributed by atoms with E-state index >= 15 is 0 Å². The highest BCUT2D eigenvalue weighted by Crippen LogP contribution is 2.23. The van der Waals surface area contributed by atoms with Gasteiger partial charge in [-0.1, -0.05) is 11.3 Å². The van der Waals surface area contributed by atoms with Crippen LogP contribution in [0, 0.1) is 10.1 Å². The molecule has 1 heterocycles. The molecule has 82 valence electrons. The highest BCUT2D eigenvalue weighted by molar-refractivity contribution is 7.15. The quantitative estimate of drug-likeness (QED) is 0.424. The summed E-state index contributed by atoms with van der Waals surface area (Å²) in [6.45, 7) is 1.01. The second-order valence-electron chi connectivity index (χ2n) is 2.89. The lowest BCUT2D eigenvalue weighted by atomic mass is 10.4. The summed E-state index contributed by atoms with van der Waals surface area (Å²) in [6.07, 6.45) is 0.271. The van der Waals surface area contributed by atoms with Crippen LogP contribution in [0.5, 0.6) is 0 Å². The number of hydrogen-bond donors (Lipinski definition) is 2. The summed E-state index contributed by atoms with van der Waals surface area (Å²) in [4.78, 5) is 21.2. The number of nitro groups is 1. The van der Waals surface area contributed by atoms with Crippen LogP contribution < -0.4 is 11.1 Å². The third kappa shape index (κ3) is 4.05. The third-order valence-corrected chi connectivity index (χ3v) is 2.71. The van der Waals surface area contributed by atoms with Crippen LogP contribution >= 0.6 is 11.3 Å². The van der Waals surface area contributed by atoms with E-state index in [9.17, 15) is 14.9 Å². The fraction of sp³-hybridized carbons (Fsp3) is 0.375. The lowest BCUT2D eigenvalue weighted by Crippen LogP contribution is -2.21. The molecule has 0 atom stereocenters. The zero-order valence-electron chi connectivity index (χ0n) is 7.93. The maximum absolute atomic E-state index is 10.4. The summed E-state index contributed by atoms with van der Waals surface area (Å²) in [5.74, 6) is -0.361. The van der Waals surface area contributed by atoms with Crippen molar-refractivity contribution in [2.45, 2.75) is 13.0 Å². The minimum atomic E-state index is -0.419. The molecular formula is C8H11N3O3S. The molecule has 15 heavy (non-hydrogen) atoms. The monoisotopic (exact) mass is 229 g/mol. The molecule has 0 aromatic carbocycles. The second kappa shape index (κ2) is 5.42. The van der Waals surface area contributed by atoms with Gasteiger partial charge in [0.2, 0.25) is 5.91 Å². The number of nitrogens with two attached hydrogens (primary N) is 1. The summed E-state index contributed by atoms with van der Waals surface area (Å²) in [6, 6.07) is 3.16. The largest absolute Gasteiger partial charge is 0.370 e. The summed E-state index contributed by atoms with van der Waals surface area (Å²) in [5.41, 5.74) is 4.95. The molecular weight excluding hydrogens is 218 g/mol. The Bertz CT molecular complexity index is 364. The van der Waals surface area contributed by atoms with E-state index in [1.807, 2.05) is 0 Å². The summed E-state index contributed by atoms with van der Waals surface area (Å²) < 4.78 is 0. The lowest BCUT2D eigenvalue weighted by Gasteiger charge is -1.99. The van der Waals surface area contributed by atoms with Crippen LogP contribution in [-0.2, 0) is 11.3 Å². The maximum atomic E-state index is 10.4. The van der Waals surface area contributed by atoms with Crippen molar-refractivity contribution in [1.29, 1.82) is 0 Å². The Morgan fingerprint density at radius 1 is 1.60 bits per heavy atom. The Balaban J connectivity index is 2.31. The minimum absolute atomic E-state index is 0.127. The average Bonchev–Trinajstić information content (AvgIpc) is 2.60. The first-order chi connectivity index (χ1) is 7.09. The van der Waals surface area contributed by atoms with E-state index < -0.39 is 4.92 Å². The molecule has 0 bridgehead atoms. The predicted octanol–water partition coefficient (Wildman–Crippen LogP) is 0.621. The SMILES string of the molecule is NC(=O)CCNCc1ccc([N+](=O)[O-])s1. The van der Waals surface area contributed by atoms with Crippen LogP contribution in [0.15, 0.2) is 12.1 Å². The molecule has 0 saturated carbocycles. The van der Waals surface area contributed by atoms with Crippen molar-refractivity contribution in [3.63, 3.8) is 0 Å². The van der Waals surface area contributed by atoms with Gasteiger partial charge in [0.25, 0.3) is 0 Å². The average molecular weight is 229 g/mol. The van der Waals surface area contributed by atoms with Gasteiger partial charge in [0.1, 0.15) is 0 Å². The molecule has 0 aliphatic heterocycles. The van der Waals surface area contributed by atoms with Crippen LogP contribution in [0.3, 0.4) is 0 Å². The van der Waals surface area contributed by atoms with Gasteiger partial charge in [-0.3, -0.25) is 14.9 Å². The molecule has 1 aromatic rings. The molecule has 1 rings (SSSR count). The van der Waals surface area contributed by atoms with Crippen molar-refractivity contribution in [1.82, 2.24) is 5.32 Å². The van der Waals surface area contributed by atoms with Crippen LogP contribution in [-0.4, -0.2) is 17.4 Å². The Morgan fingerprint density at radius 2 is 2.33 bits per heavy atom. The van der Waals surface area contributed by atoms with Crippen LogP contribution in [0.2, 0.25) is 0 Å². The zero-order valence-corrected chi connectivity index (χ0v) is 8.75. The van der Waals surface area contributed by atoms with Gasteiger partial charge in [-0.25, -0.2) is 0 Å². The van der Waals surface area contributed by atoms with E-state index in [4.69, 9.17) is 5.73 Å².